The van der Waals surface area contributed by atoms with E-state index >= 15 is 0 Å². The van der Waals surface area contributed by atoms with Crippen LogP contribution in [-0.4, -0.2) is 18.2 Å². The standard InChI is InChI=1S/C8H8FNO3/c1-13-5-3-2-4(9)6(7(5)10)8(11)12/h2-3H,10H2,1H3,(H,11,12). The van der Waals surface area contributed by atoms with Gasteiger partial charge < -0.3 is 15.6 Å². The largest absolute Gasteiger partial charge is 0.495 e. The molecule has 0 saturated heterocycles. The first-order valence-electron chi connectivity index (χ1n) is 3.43. The van der Waals surface area contributed by atoms with Crippen LogP contribution in [0.4, 0.5) is 10.1 Å². The summed E-state index contributed by atoms with van der Waals surface area (Å²) in [6, 6.07) is 2.27. The van der Waals surface area contributed by atoms with Crippen molar-refractivity contribution >= 4 is 11.7 Å². The molecule has 0 aliphatic carbocycles. The van der Waals surface area contributed by atoms with Crippen molar-refractivity contribution in [3.05, 3.63) is 23.5 Å². The van der Waals surface area contributed by atoms with Gasteiger partial charge in [-0.2, -0.15) is 0 Å². The third-order valence-electron chi connectivity index (χ3n) is 1.59. The molecule has 1 aromatic rings. The molecule has 5 heteroatoms. The molecule has 70 valence electrons. The van der Waals surface area contributed by atoms with Gasteiger partial charge in [-0.3, -0.25) is 0 Å². The molecule has 0 radical (unpaired) electrons. The summed E-state index contributed by atoms with van der Waals surface area (Å²) >= 11 is 0. The number of ether oxygens (including phenoxy) is 1. The third kappa shape index (κ3) is 1.53. The lowest BCUT2D eigenvalue weighted by atomic mass is 10.1. The molecular formula is C8H8FNO3. The molecule has 4 nitrogen and oxygen atoms in total. The van der Waals surface area contributed by atoms with Crippen LogP contribution in [0.1, 0.15) is 10.4 Å². The van der Waals surface area contributed by atoms with Crippen LogP contribution in [0.25, 0.3) is 0 Å². The van der Waals surface area contributed by atoms with Gasteiger partial charge in [0.1, 0.15) is 17.1 Å². The predicted molar refractivity (Wildman–Crippen MR) is 44.3 cm³/mol. The zero-order chi connectivity index (χ0) is 10.0. The monoisotopic (exact) mass is 185 g/mol. The number of nitrogens with two attached hydrogens (primary N) is 1. The van der Waals surface area contributed by atoms with Gasteiger partial charge in [-0.05, 0) is 12.1 Å². The predicted octanol–water partition coefficient (Wildman–Crippen LogP) is 1.11. The van der Waals surface area contributed by atoms with Crippen LogP contribution < -0.4 is 10.5 Å². The van der Waals surface area contributed by atoms with E-state index in [1.807, 2.05) is 0 Å². The number of carbonyl (C=O) groups is 1. The molecule has 13 heavy (non-hydrogen) atoms. The fourth-order valence-electron chi connectivity index (χ4n) is 0.969. The van der Waals surface area contributed by atoms with Gasteiger partial charge in [0.25, 0.3) is 0 Å². The maximum Gasteiger partial charge on any atom is 0.340 e. The fraction of sp³-hybridized carbons (Fsp3) is 0.125. The van der Waals surface area contributed by atoms with Gasteiger partial charge in [0.2, 0.25) is 0 Å². The first-order valence-corrected chi connectivity index (χ1v) is 3.43. The Hall–Kier alpha value is -1.78. The van der Waals surface area contributed by atoms with Gasteiger partial charge in [-0.25, -0.2) is 9.18 Å². The summed E-state index contributed by atoms with van der Waals surface area (Å²) in [6.45, 7) is 0. The Morgan fingerprint density at radius 3 is 2.69 bits per heavy atom. The molecule has 0 saturated carbocycles. The first kappa shape index (κ1) is 9.31. The molecule has 0 aromatic heterocycles. The van der Waals surface area contributed by atoms with Crippen molar-refractivity contribution in [3.8, 4) is 5.75 Å². The number of benzene rings is 1. The lowest BCUT2D eigenvalue weighted by Crippen LogP contribution is -2.07. The average Bonchev–Trinajstić information content (AvgIpc) is 2.04. The minimum atomic E-state index is -1.41. The van der Waals surface area contributed by atoms with Crippen molar-refractivity contribution in [2.45, 2.75) is 0 Å². The molecule has 0 aliphatic rings. The van der Waals surface area contributed by atoms with Gasteiger partial charge in [0, 0.05) is 0 Å². The minimum absolute atomic E-state index is 0.152. The lowest BCUT2D eigenvalue weighted by molar-refractivity contribution is 0.0693. The van der Waals surface area contributed by atoms with E-state index < -0.39 is 17.3 Å². The smallest absolute Gasteiger partial charge is 0.340 e. The Kier molecular flexibility index (Phi) is 2.36. The summed E-state index contributed by atoms with van der Waals surface area (Å²) in [5.74, 6) is -2.13. The number of nitrogen functional groups attached to an aromatic ring is 1. The Balaban J connectivity index is 3.38. The highest BCUT2D eigenvalue weighted by molar-refractivity contribution is 5.95. The summed E-state index contributed by atoms with van der Waals surface area (Å²) in [6.07, 6.45) is 0. The highest BCUT2D eigenvalue weighted by atomic mass is 19.1. The molecule has 0 amide bonds. The number of hydrogen-bond donors (Lipinski definition) is 2. The van der Waals surface area contributed by atoms with Crippen molar-refractivity contribution in [1.82, 2.24) is 0 Å². The van der Waals surface area contributed by atoms with E-state index in [0.717, 1.165) is 6.07 Å². The van der Waals surface area contributed by atoms with E-state index in [1.54, 1.807) is 0 Å². The molecular weight excluding hydrogens is 177 g/mol. The third-order valence-corrected chi connectivity index (χ3v) is 1.59. The summed E-state index contributed by atoms with van der Waals surface area (Å²) in [5, 5.41) is 8.59. The minimum Gasteiger partial charge on any atom is -0.495 e. The Labute approximate surface area is 73.7 Å². The molecule has 0 unspecified atom stereocenters. The van der Waals surface area contributed by atoms with Gasteiger partial charge in [0.15, 0.2) is 0 Å². The van der Waals surface area contributed by atoms with Crippen LogP contribution in [0.3, 0.4) is 0 Å². The number of anilines is 1. The average molecular weight is 185 g/mol. The van der Waals surface area contributed by atoms with Crippen molar-refractivity contribution in [2.75, 3.05) is 12.8 Å². The molecule has 0 bridgehead atoms. The van der Waals surface area contributed by atoms with Crippen LogP contribution >= 0.6 is 0 Å². The normalized spacial score (nSPS) is 9.69. The number of carboxylic acid groups (broad SMARTS) is 1. The van der Waals surface area contributed by atoms with Crippen molar-refractivity contribution in [3.63, 3.8) is 0 Å². The molecule has 0 aliphatic heterocycles. The summed E-state index contributed by atoms with van der Waals surface area (Å²) in [7, 11) is 1.33. The molecule has 0 spiro atoms. The van der Waals surface area contributed by atoms with Crippen LogP contribution in [0.15, 0.2) is 12.1 Å². The second kappa shape index (κ2) is 3.30. The van der Waals surface area contributed by atoms with E-state index in [1.165, 1.54) is 13.2 Å². The zero-order valence-corrected chi connectivity index (χ0v) is 6.87. The fourth-order valence-corrected chi connectivity index (χ4v) is 0.969. The van der Waals surface area contributed by atoms with E-state index in [-0.39, 0.29) is 11.4 Å². The van der Waals surface area contributed by atoms with E-state index in [0.29, 0.717) is 0 Å². The van der Waals surface area contributed by atoms with Gasteiger partial charge in [-0.1, -0.05) is 0 Å². The van der Waals surface area contributed by atoms with Crippen molar-refractivity contribution < 1.29 is 19.0 Å². The van der Waals surface area contributed by atoms with Gasteiger partial charge >= 0.3 is 5.97 Å². The molecule has 3 N–H and O–H groups in total. The highest BCUT2D eigenvalue weighted by Gasteiger charge is 2.17. The molecule has 0 fully saturated rings. The quantitative estimate of drug-likeness (QED) is 0.677. The highest BCUT2D eigenvalue weighted by Crippen LogP contribution is 2.26. The number of aromatic carboxylic acids is 1. The molecule has 1 aromatic carbocycles. The van der Waals surface area contributed by atoms with E-state index in [9.17, 15) is 9.18 Å². The SMILES string of the molecule is COc1ccc(F)c(C(=O)O)c1N. The second-order valence-corrected chi connectivity index (χ2v) is 2.34. The number of rotatable bonds is 2. The maximum atomic E-state index is 12.9. The van der Waals surface area contributed by atoms with Crippen molar-refractivity contribution in [2.24, 2.45) is 0 Å². The summed E-state index contributed by atoms with van der Waals surface area (Å²) < 4.78 is 17.6. The van der Waals surface area contributed by atoms with Crippen LogP contribution in [0.5, 0.6) is 5.75 Å². The first-order chi connectivity index (χ1) is 6.07. The number of carboxylic acids is 1. The summed E-state index contributed by atoms with van der Waals surface area (Å²) in [4.78, 5) is 10.5. The molecule has 0 atom stereocenters. The lowest BCUT2D eigenvalue weighted by Gasteiger charge is -2.07. The van der Waals surface area contributed by atoms with Crippen LogP contribution in [0, 0.1) is 5.82 Å². The number of methoxy groups -OCH3 is 1. The maximum absolute atomic E-state index is 12.9. The zero-order valence-electron chi connectivity index (χ0n) is 6.87. The van der Waals surface area contributed by atoms with Gasteiger partial charge in [0.05, 0.1) is 12.8 Å². The number of hydrogen-bond acceptors (Lipinski definition) is 3. The van der Waals surface area contributed by atoms with Gasteiger partial charge in [-0.15, -0.1) is 0 Å². The van der Waals surface area contributed by atoms with E-state index in [4.69, 9.17) is 15.6 Å². The Morgan fingerprint density at radius 2 is 2.23 bits per heavy atom. The Morgan fingerprint density at radius 1 is 1.62 bits per heavy atom. The molecule has 1 rings (SSSR count). The van der Waals surface area contributed by atoms with Crippen molar-refractivity contribution in [1.29, 1.82) is 0 Å². The van der Waals surface area contributed by atoms with Crippen LogP contribution in [0.2, 0.25) is 0 Å². The number of halogens is 1. The topological polar surface area (TPSA) is 72.5 Å². The van der Waals surface area contributed by atoms with E-state index in [2.05, 4.69) is 0 Å². The second-order valence-electron chi connectivity index (χ2n) is 2.34. The summed E-state index contributed by atoms with van der Waals surface area (Å²) in [5.41, 5.74) is 4.59. The van der Waals surface area contributed by atoms with Crippen LogP contribution in [-0.2, 0) is 0 Å². The molecule has 0 heterocycles. The Bertz CT molecular complexity index is 351.